The van der Waals surface area contributed by atoms with Gasteiger partial charge in [0.05, 0.1) is 7.11 Å². The molecule has 208 valence electrons. The lowest BCUT2D eigenvalue weighted by atomic mass is 10.3. The number of ether oxygens (including phenoxy) is 1. The minimum absolute atomic E-state index is 0.102. The van der Waals surface area contributed by atoms with E-state index in [0.717, 1.165) is 74.2 Å². The van der Waals surface area contributed by atoms with Gasteiger partial charge in [0.25, 0.3) is 0 Å². The molecule has 39 heavy (non-hydrogen) atoms. The molecule has 0 radical (unpaired) electrons. The second-order valence-corrected chi connectivity index (χ2v) is 11.3. The van der Waals surface area contributed by atoms with E-state index in [0.29, 0.717) is 22.5 Å². The number of anilines is 4. The fourth-order valence-corrected chi connectivity index (χ4v) is 5.13. The third kappa shape index (κ3) is 7.20. The van der Waals surface area contributed by atoms with E-state index in [1.54, 1.807) is 7.11 Å². The first-order valence-electron chi connectivity index (χ1n) is 13.3. The van der Waals surface area contributed by atoms with Crippen molar-refractivity contribution in [1.82, 2.24) is 30.0 Å². The van der Waals surface area contributed by atoms with Gasteiger partial charge in [0, 0.05) is 67.5 Å². The molecular formula is C27H37N9O2S. The van der Waals surface area contributed by atoms with Gasteiger partial charge in [0.1, 0.15) is 0 Å². The summed E-state index contributed by atoms with van der Waals surface area (Å²) < 4.78 is 5.86. The molecule has 1 aromatic carbocycles. The minimum atomic E-state index is 0.102. The van der Waals surface area contributed by atoms with Crippen LogP contribution in [0.15, 0.2) is 40.4 Å². The fraction of sp³-hybridized carbons (Fsp3) is 0.481. The predicted molar refractivity (Wildman–Crippen MR) is 154 cm³/mol. The van der Waals surface area contributed by atoms with Crippen LogP contribution < -0.4 is 20.3 Å². The lowest BCUT2D eigenvalue weighted by molar-refractivity contribution is -0.117. The van der Waals surface area contributed by atoms with Crippen LogP contribution in [0, 0.1) is 12.8 Å². The number of rotatable bonds is 11. The highest BCUT2D eigenvalue weighted by molar-refractivity contribution is 7.99. The van der Waals surface area contributed by atoms with Crippen LogP contribution in [0.2, 0.25) is 0 Å². The number of aromatic nitrogens is 4. The van der Waals surface area contributed by atoms with E-state index in [-0.39, 0.29) is 11.8 Å². The number of nitrogens with zero attached hydrogens (tertiary/aromatic N) is 6. The number of carbonyl (C=O) groups excluding carboxylic acids is 1. The van der Waals surface area contributed by atoms with Crippen LogP contribution in [0.3, 0.4) is 0 Å². The Bertz CT molecular complexity index is 1270. The van der Waals surface area contributed by atoms with Crippen LogP contribution in [0.25, 0.3) is 0 Å². The molecule has 2 fully saturated rings. The molecule has 2 aromatic heterocycles. The molecule has 1 amide bonds. The summed E-state index contributed by atoms with van der Waals surface area (Å²) in [5, 5.41) is 14.2. The molecule has 3 N–H and O–H groups in total. The summed E-state index contributed by atoms with van der Waals surface area (Å²) in [7, 11) is 5.86. The Morgan fingerprint density at radius 2 is 1.90 bits per heavy atom. The van der Waals surface area contributed by atoms with Gasteiger partial charge in [-0.15, -0.1) is 0 Å². The number of hydrogen-bond donors (Lipinski definition) is 3. The Balaban J connectivity index is 1.37. The lowest BCUT2D eigenvalue weighted by Gasteiger charge is -2.36. The number of H-pyrrole nitrogens is 1. The van der Waals surface area contributed by atoms with Crippen molar-refractivity contribution in [3.8, 4) is 5.75 Å². The number of amides is 1. The van der Waals surface area contributed by atoms with E-state index in [2.05, 4.69) is 49.6 Å². The van der Waals surface area contributed by atoms with Crippen molar-refractivity contribution in [2.24, 2.45) is 5.92 Å². The molecule has 11 nitrogen and oxygen atoms in total. The number of hydrogen-bond acceptors (Lipinski definition) is 10. The van der Waals surface area contributed by atoms with Gasteiger partial charge < -0.3 is 25.2 Å². The molecule has 0 unspecified atom stereocenters. The largest absolute Gasteiger partial charge is 0.490 e. The van der Waals surface area contributed by atoms with Gasteiger partial charge in [-0.2, -0.15) is 5.10 Å². The topological polar surface area (TPSA) is 115 Å². The summed E-state index contributed by atoms with van der Waals surface area (Å²) in [6.07, 6.45) is 1.96. The minimum Gasteiger partial charge on any atom is -0.490 e. The Hall–Kier alpha value is -3.35. The average molecular weight is 552 g/mol. The number of piperazine rings is 1. The smallest absolute Gasteiger partial charge is 0.227 e. The summed E-state index contributed by atoms with van der Waals surface area (Å²) in [4.78, 5) is 29.8. The van der Waals surface area contributed by atoms with Crippen molar-refractivity contribution < 1.29 is 9.53 Å². The summed E-state index contributed by atoms with van der Waals surface area (Å²) in [5.41, 5.74) is 1.75. The maximum absolute atomic E-state index is 12.1. The van der Waals surface area contributed by atoms with Crippen LogP contribution in [0.1, 0.15) is 18.5 Å². The van der Waals surface area contributed by atoms with Gasteiger partial charge in [-0.3, -0.25) is 14.8 Å². The van der Waals surface area contributed by atoms with E-state index < -0.39 is 0 Å². The van der Waals surface area contributed by atoms with Gasteiger partial charge in [-0.1, -0.05) is 0 Å². The van der Waals surface area contributed by atoms with Crippen LogP contribution in [-0.2, 0) is 4.79 Å². The van der Waals surface area contributed by atoms with Crippen molar-refractivity contribution in [3.05, 3.63) is 36.0 Å². The molecule has 3 heterocycles. The Kier molecular flexibility index (Phi) is 8.53. The van der Waals surface area contributed by atoms with Gasteiger partial charge in [-0.25, -0.2) is 9.97 Å². The molecule has 5 rings (SSSR count). The van der Waals surface area contributed by atoms with Crippen molar-refractivity contribution in [2.75, 3.05) is 76.0 Å². The summed E-state index contributed by atoms with van der Waals surface area (Å²) in [6.45, 7) is 7.65. The number of carbonyl (C=O) groups is 1. The van der Waals surface area contributed by atoms with E-state index in [1.807, 2.05) is 37.3 Å². The van der Waals surface area contributed by atoms with E-state index in [1.165, 1.54) is 11.8 Å². The van der Waals surface area contributed by atoms with Crippen molar-refractivity contribution in [3.63, 3.8) is 0 Å². The fourth-order valence-electron chi connectivity index (χ4n) is 4.38. The average Bonchev–Trinajstić information content (AvgIpc) is 3.70. The third-order valence-corrected chi connectivity index (χ3v) is 7.67. The zero-order chi connectivity index (χ0) is 27.4. The predicted octanol–water partition coefficient (Wildman–Crippen LogP) is 3.44. The van der Waals surface area contributed by atoms with Crippen LogP contribution >= 0.6 is 11.8 Å². The molecule has 2 aliphatic rings. The first-order valence-corrected chi connectivity index (χ1v) is 14.2. The third-order valence-electron chi connectivity index (χ3n) is 6.80. The number of benzene rings is 1. The van der Waals surface area contributed by atoms with Gasteiger partial charge in [-0.05, 0) is 69.9 Å². The number of methoxy groups -OCH3 is 1. The first kappa shape index (κ1) is 27.2. The van der Waals surface area contributed by atoms with Gasteiger partial charge in [0.15, 0.2) is 22.6 Å². The van der Waals surface area contributed by atoms with Crippen LogP contribution in [0.4, 0.5) is 23.1 Å². The second kappa shape index (κ2) is 12.2. The van der Waals surface area contributed by atoms with Crippen LogP contribution in [-0.4, -0.2) is 96.3 Å². The number of nitrogens with one attached hydrogen (secondary N) is 3. The Labute approximate surface area is 233 Å². The molecule has 0 bridgehead atoms. The molecule has 1 saturated heterocycles. The van der Waals surface area contributed by atoms with Gasteiger partial charge in [0.2, 0.25) is 11.7 Å². The highest BCUT2D eigenvalue weighted by atomic mass is 32.2. The molecule has 1 aliphatic heterocycles. The number of aryl methyl sites for hydroxylation is 1. The summed E-state index contributed by atoms with van der Waals surface area (Å²) in [6, 6.07) is 9.73. The van der Waals surface area contributed by atoms with Crippen molar-refractivity contribution in [2.45, 2.75) is 29.8 Å². The van der Waals surface area contributed by atoms with Crippen molar-refractivity contribution in [1.29, 1.82) is 0 Å². The zero-order valence-corrected chi connectivity index (χ0v) is 23.8. The monoisotopic (exact) mass is 551 g/mol. The molecule has 3 aromatic rings. The number of likely N-dealkylation sites (N-methyl/N-ethyl adjacent to an activating group) is 1. The molecule has 12 heteroatoms. The SMILES string of the molecule is COc1c(Nc2cc(C)[nH]n2)nc(Sc2ccc(NC(=O)C3CC3)cc2)nc1N1CCN(CCN(C)C)CC1. The zero-order valence-electron chi connectivity index (χ0n) is 23.0. The maximum atomic E-state index is 12.1. The quantitative estimate of drug-likeness (QED) is 0.306. The molecule has 0 atom stereocenters. The van der Waals surface area contributed by atoms with E-state index >= 15 is 0 Å². The van der Waals surface area contributed by atoms with E-state index in [4.69, 9.17) is 14.7 Å². The van der Waals surface area contributed by atoms with E-state index in [9.17, 15) is 4.79 Å². The first-order chi connectivity index (χ1) is 18.9. The standard InChI is InChI=1S/C27H37N9O2S/c1-18-17-22(33-32-18)29-24-23(38-4)25(36-15-13-35(14-16-36)12-11-34(2)3)31-27(30-24)39-21-9-7-20(8-10-21)28-26(37)19-5-6-19/h7-10,17,19H,5-6,11-16H2,1-4H3,(H,28,37)(H2,29,30,31,32,33). The molecule has 1 saturated carbocycles. The Morgan fingerprint density at radius 3 is 2.51 bits per heavy atom. The second-order valence-electron chi connectivity index (χ2n) is 10.3. The Morgan fingerprint density at radius 1 is 1.15 bits per heavy atom. The molecular weight excluding hydrogens is 514 g/mol. The van der Waals surface area contributed by atoms with Gasteiger partial charge >= 0.3 is 0 Å². The maximum Gasteiger partial charge on any atom is 0.227 e. The normalized spacial score (nSPS) is 16.0. The number of aromatic amines is 1. The highest BCUT2D eigenvalue weighted by Crippen LogP contribution is 2.38. The van der Waals surface area contributed by atoms with Crippen LogP contribution in [0.5, 0.6) is 5.75 Å². The van der Waals surface area contributed by atoms with Crippen molar-refractivity contribution >= 4 is 40.8 Å². The molecule has 1 aliphatic carbocycles. The molecule has 0 spiro atoms. The summed E-state index contributed by atoms with van der Waals surface area (Å²) >= 11 is 1.47. The summed E-state index contributed by atoms with van der Waals surface area (Å²) in [5.74, 6) is 2.87. The lowest BCUT2D eigenvalue weighted by Crippen LogP contribution is -2.48. The highest BCUT2D eigenvalue weighted by Gasteiger charge is 2.29.